The number of urea groups is 1. The molecule has 5 amide bonds. The number of hydrogen-bond acceptors (Lipinski definition) is 12. The molecule has 4 N–H and O–H groups in total. The fourth-order valence-corrected chi connectivity index (χ4v) is 4.08. The number of nitro groups is 2. The topological polar surface area (TPSA) is 294 Å². The number of nitrogens with one attached hydrogen (secondary N) is 1. The first-order valence-electron chi connectivity index (χ1n) is 12.8. The summed E-state index contributed by atoms with van der Waals surface area (Å²) in [7, 11) is 0. The molecule has 0 aromatic heterocycles. The third kappa shape index (κ3) is 9.16. The number of nitrogens with zero attached hydrogens (tertiary/aromatic N) is 4. The van der Waals surface area contributed by atoms with E-state index in [0.29, 0.717) is 5.56 Å². The first-order chi connectivity index (χ1) is 20.6. The molecule has 1 fully saturated rings. The van der Waals surface area contributed by atoms with E-state index in [9.17, 15) is 64.0 Å². The van der Waals surface area contributed by atoms with Crippen molar-refractivity contribution >= 4 is 47.5 Å². The first kappa shape index (κ1) is 34.5. The number of carboxylic acid groups (broad SMARTS) is 3. The van der Waals surface area contributed by atoms with E-state index in [2.05, 4.69) is 5.32 Å². The molecule has 2 rings (SSSR count). The van der Waals surface area contributed by atoms with Crippen molar-refractivity contribution in [1.29, 1.82) is 0 Å². The maximum absolute atomic E-state index is 13.1. The number of unbranched alkanes of at least 4 members (excludes halogenated alkanes) is 1. The minimum atomic E-state index is -2.74. The Hall–Kier alpha value is -5.69. The highest BCUT2D eigenvalue weighted by atomic mass is 16.6. The minimum absolute atomic E-state index is 0.000796. The maximum atomic E-state index is 13.1. The summed E-state index contributed by atoms with van der Waals surface area (Å²) in [6.45, 7) is -1.33. The van der Waals surface area contributed by atoms with Gasteiger partial charge in [0.05, 0.1) is 10.8 Å². The molecule has 1 heterocycles. The SMILES string of the molecule is O=C(O)CC[C@H](CN1C(=O)C([N+](=O)[O-])C(=O)N([C@@H](CCCCNC(=O)OCc2ccc([N+](=O)[O-])cc2)C(=O)O)C1=O)C(=O)O. The number of carboxylic acids is 3. The number of nitro benzene ring substituents is 1. The molecule has 3 atom stereocenters. The van der Waals surface area contributed by atoms with Crippen LogP contribution < -0.4 is 5.32 Å². The molecule has 0 bridgehead atoms. The fraction of sp³-hybridized carbons (Fsp3) is 0.458. The van der Waals surface area contributed by atoms with E-state index in [-0.39, 0.29) is 41.5 Å². The van der Waals surface area contributed by atoms with E-state index in [4.69, 9.17) is 9.84 Å². The number of non-ortho nitro benzene ring substituents is 1. The molecule has 20 nitrogen and oxygen atoms in total. The number of hydrogen-bond donors (Lipinski definition) is 4. The summed E-state index contributed by atoms with van der Waals surface area (Å²) in [6.07, 6.45) is -2.61. The van der Waals surface area contributed by atoms with E-state index in [1.165, 1.54) is 24.3 Å². The number of carbonyl (C=O) groups is 7. The Morgan fingerprint density at radius 3 is 2.09 bits per heavy atom. The number of ether oxygens (including phenoxy) is 1. The van der Waals surface area contributed by atoms with Crippen LogP contribution in [0.4, 0.5) is 15.3 Å². The molecule has 0 radical (unpaired) electrons. The lowest BCUT2D eigenvalue weighted by atomic mass is 10.0. The average molecular weight is 626 g/mol. The minimum Gasteiger partial charge on any atom is -0.481 e. The summed E-state index contributed by atoms with van der Waals surface area (Å²) in [5, 5.41) is 52.5. The second-order valence-electron chi connectivity index (χ2n) is 9.37. The van der Waals surface area contributed by atoms with Crippen molar-refractivity contribution in [2.75, 3.05) is 13.1 Å². The highest BCUT2D eigenvalue weighted by molar-refractivity contribution is 6.19. The van der Waals surface area contributed by atoms with Crippen LogP contribution in [0, 0.1) is 26.1 Å². The van der Waals surface area contributed by atoms with E-state index in [0.717, 1.165) is 0 Å². The first-order valence-corrected chi connectivity index (χ1v) is 12.8. The van der Waals surface area contributed by atoms with Crippen molar-refractivity contribution in [2.45, 2.75) is 50.8 Å². The zero-order valence-corrected chi connectivity index (χ0v) is 22.7. The van der Waals surface area contributed by atoms with Crippen LogP contribution in [0.2, 0.25) is 0 Å². The van der Waals surface area contributed by atoms with E-state index in [1.54, 1.807) is 0 Å². The lowest BCUT2D eigenvalue weighted by molar-refractivity contribution is -0.496. The molecule has 0 saturated carbocycles. The lowest BCUT2D eigenvalue weighted by Crippen LogP contribution is -2.68. The quantitative estimate of drug-likeness (QED) is 0.0790. The molecule has 20 heteroatoms. The van der Waals surface area contributed by atoms with Gasteiger partial charge in [-0.1, -0.05) is 0 Å². The van der Waals surface area contributed by atoms with E-state index < -0.39 is 95.5 Å². The summed E-state index contributed by atoms with van der Waals surface area (Å²) in [5.74, 6) is -9.91. The molecule has 1 aromatic carbocycles. The molecule has 44 heavy (non-hydrogen) atoms. The lowest BCUT2D eigenvalue weighted by Gasteiger charge is -2.37. The Labute approximate surface area is 246 Å². The molecule has 0 spiro atoms. The van der Waals surface area contributed by atoms with Gasteiger partial charge < -0.3 is 25.4 Å². The third-order valence-electron chi connectivity index (χ3n) is 6.37. The number of barbiturate groups is 1. The Morgan fingerprint density at radius 1 is 0.932 bits per heavy atom. The van der Waals surface area contributed by atoms with Gasteiger partial charge in [-0.25, -0.2) is 19.3 Å². The normalized spacial score (nSPS) is 16.2. The van der Waals surface area contributed by atoms with Gasteiger partial charge in [0.15, 0.2) is 0 Å². The van der Waals surface area contributed by atoms with Gasteiger partial charge >= 0.3 is 47.9 Å². The second kappa shape index (κ2) is 15.5. The van der Waals surface area contributed by atoms with Crippen molar-refractivity contribution in [3.05, 3.63) is 50.1 Å². The maximum Gasteiger partial charge on any atom is 0.407 e. The van der Waals surface area contributed by atoms with Crippen LogP contribution >= 0.6 is 0 Å². The van der Waals surface area contributed by atoms with Crippen molar-refractivity contribution < 1.29 is 63.5 Å². The number of benzene rings is 1. The zero-order chi connectivity index (χ0) is 33.1. The molecular weight excluding hydrogens is 598 g/mol. The highest BCUT2D eigenvalue weighted by Gasteiger charge is 2.56. The summed E-state index contributed by atoms with van der Waals surface area (Å²) in [6, 6.07) is -1.14. The van der Waals surface area contributed by atoms with Crippen LogP contribution in [0.15, 0.2) is 24.3 Å². The molecule has 0 aliphatic carbocycles. The highest BCUT2D eigenvalue weighted by Crippen LogP contribution is 2.23. The number of aliphatic carboxylic acids is 3. The van der Waals surface area contributed by atoms with Gasteiger partial charge in [0.25, 0.3) is 5.69 Å². The summed E-state index contributed by atoms with van der Waals surface area (Å²) in [4.78, 5) is 105. The van der Waals surface area contributed by atoms with Crippen molar-refractivity contribution in [3.63, 3.8) is 0 Å². The molecule has 238 valence electrons. The fourth-order valence-electron chi connectivity index (χ4n) is 4.08. The smallest absolute Gasteiger partial charge is 0.407 e. The molecule has 1 aliphatic heterocycles. The second-order valence-corrected chi connectivity index (χ2v) is 9.37. The predicted octanol–water partition coefficient (Wildman–Crippen LogP) is 0.446. The molecular formula is C24H27N5O15. The molecule has 1 unspecified atom stereocenters. The number of carbonyl (C=O) groups excluding carboxylic acids is 4. The number of amides is 5. The Balaban J connectivity index is 2.03. The van der Waals surface area contributed by atoms with Crippen LogP contribution in [0.1, 0.15) is 37.7 Å². The van der Waals surface area contributed by atoms with Gasteiger partial charge in [-0.2, -0.15) is 0 Å². The summed E-state index contributed by atoms with van der Waals surface area (Å²) < 4.78 is 4.97. The predicted molar refractivity (Wildman–Crippen MR) is 139 cm³/mol. The van der Waals surface area contributed by atoms with Gasteiger partial charge in [0.2, 0.25) is 0 Å². The van der Waals surface area contributed by atoms with Gasteiger partial charge in [-0.15, -0.1) is 0 Å². The summed E-state index contributed by atoms with van der Waals surface area (Å²) in [5.41, 5.74) is 0.308. The van der Waals surface area contributed by atoms with Gasteiger partial charge in [0, 0.05) is 36.6 Å². The van der Waals surface area contributed by atoms with Crippen molar-refractivity contribution in [2.24, 2.45) is 5.92 Å². The van der Waals surface area contributed by atoms with Crippen LogP contribution in [-0.4, -0.2) is 102 Å². The van der Waals surface area contributed by atoms with Gasteiger partial charge in [-0.05, 0) is 43.4 Å². The van der Waals surface area contributed by atoms with Crippen LogP contribution in [-0.2, 0) is 35.3 Å². The number of alkyl carbamates (subject to hydrolysis) is 1. The third-order valence-corrected chi connectivity index (χ3v) is 6.37. The van der Waals surface area contributed by atoms with Crippen LogP contribution in [0.25, 0.3) is 0 Å². The molecule has 1 saturated heterocycles. The summed E-state index contributed by atoms with van der Waals surface area (Å²) >= 11 is 0. The van der Waals surface area contributed by atoms with Crippen molar-refractivity contribution in [1.82, 2.24) is 15.1 Å². The zero-order valence-electron chi connectivity index (χ0n) is 22.7. The number of imide groups is 2. The molecule has 1 aromatic rings. The van der Waals surface area contributed by atoms with Gasteiger partial charge in [-0.3, -0.25) is 44.3 Å². The monoisotopic (exact) mass is 625 g/mol. The number of rotatable bonds is 17. The Kier molecular flexibility index (Phi) is 12.2. The van der Waals surface area contributed by atoms with Gasteiger partial charge in [0.1, 0.15) is 12.6 Å². The standard InChI is InChI=1S/C24H27N5O15/c30-17(31)9-6-14(21(34)35)11-26-19(32)18(29(42)43)20(33)27(24(26)39)16(22(36)37)3-1-2-10-25-23(38)44-12-13-4-7-15(8-5-13)28(40)41/h4-5,7-8,14,16,18H,1-3,6,9-12H2,(H,25,38)(H,30,31)(H,34,35)(H,36,37)/t14-,16+,18?/m1/s1. The van der Waals surface area contributed by atoms with E-state index in [1.807, 2.05) is 0 Å². The largest absolute Gasteiger partial charge is 0.481 e. The van der Waals surface area contributed by atoms with Crippen LogP contribution in [0.3, 0.4) is 0 Å². The molecule has 1 aliphatic rings. The average Bonchev–Trinajstić information content (AvgIpc) is 2.94. The Morgan fingerprint density at radius 2 is 1.57 bits per heavy atom. The van der Waals surface area contributed by atoms with E-state index >= 15 is 0 Å². The van der Waals surface area contributed by atoms with Crippen molar-refractivity contribution in [3.8, 4) is 0 Å². The Bertz CT molecular complexity index is 1330. The van der Waals surface area contributed by atoms with Crippen LogP contribution in [0.5, 0.6) is 0 Å².